The van der Waals surface area contributed by atoms with Crippen LogP contribution in [0.5, 0.6) is 0 Å². The summed E-state index contributed by atoms with van der Waals surface area (Å²) in [6.07, 6.45) is -0.581. The number of anilines is 1. The van der Waals surface area contributed by atoms with E-state index in [0.29, 0.717) is 5.69 Å². The van der Waals surface area contributed by atoms with Gasteiger partial charge in [-0.3, -0.25) is 4.79 Å². The Morgan fingerprint density at radius 2 is 2.00 bits per heavy atom. The number of halogens is 1. The SMILES string of the molecule is COC(=O)c1cc(NC(=O)C(C)OC)ccc1Cl. The molecule has 0 bridgehead atoms. The van der Waals surface area contributed by atoms with Gasteiger partial charge in [0.25, 0.3) is 5.91 Å². The zero-order chi connectivity index (χ0) is 13.7. The molecule has 0 saturated heterocycles. The molecule has 1 rings (SSSR count). The molecule has 0 spiro atoms. The molecule has 1 atom stereocenters. The third kappa shape index (κ3) is 3.45. The van der Waals surface area contributed by atoms with Crippen molar-refractivity contribution in [1.82, 2.24) is 0 Å². The van der Waals surface area contributed by atoms with Gasteiger partial charge in [0.05, 0.1) is 17.7 Å². The van der Waals surface area contributed by atoms with E-state index in [1.54, 1.807) is 13.0 Å². The number of methoxy groups -OCH3 is 2. The molecule has 18 heavy (non-hydrogen) atoms. The van der Waals surface area contributed by atoms with Crippen LogP contribution in [0.3, 0.4) is 0 Å². The highest BCUT2D eigenvalue weighted by Crippen LogP contribution is 2.21. The zero-order valence-electron chi connectivity index (χ0n) is 10.3. The number of carbonyl (C=O) groups is 2. The number of hydrogen-bond acceptors (Lipinski definition) is 4. The Bertz CT molecular complexity index is 461. The van der Waals surface area contributed by atoms with Crippen molar-refractivity contribution in [2.75, 3.05) is 19.5 Å². The van der Waals surface area contributed by atoms with Gasteiger partial charge in [-0.05, 0) is 25.1 Å². The first-order chi connectivity index (χ1) is 8.49. The lowest BCUT2D eigenvalue weighted by Gasteiger charge is -2.11. The number of ether oxygens (including phenoxy) is 2. The van der Waals surface area contributed by atoms with E-state index in [2.05, 4.69) is 10.1 Å². The smallest absolute Gasteiger partial charge is 0.339 e. The average molecular weight is 272 g/mol. The predicted octanol–water partition coefficient (Wildman–Crippen LogP) is 2.10. The first kappa shape index (κ1) is 14.5. The highest BCUT2D eigenvalue weighted by atomic mass is 35.5. The van der Waals surface area contributed by atoms with Gasteiger partial charge in [0.15, 0.2) is 0 Å². The van der Waals surface area contributed by atoms with Gasteiger partial charge >= 0.3 is 5.97 Å². The molecule has 1 N–H and O–H groups in total. The van der Waals surface area contributed by atoms with Gasteiger partial charge < -0.3 is 14.8 Å². The van der Waals surface area contributed by atoms with Gasteiger partial charge in [0, 0.05) is 12.8 Å². The molecule has 1 aromatic carbocycles. The van der Waals surface area contributed by atoms with E-state index < -0.39 is 12.1 Å². The van der Waals surface area contributed by atoms with Crippen LogP contribution < -0.4 is 5.32 Å². The number of esters is 1. The molecule has 1 unspecified atom stereocenters. The highest BCUT2D eigenvalue weighted by molar-refractivity contribution is 6.33. The molecular formula is C12H14ClNO4. The van der Waals surface area contributed by atoms with Crippen LogP contribution in [0.1, 0.15) is 17.3 Å². The lowest BCUT2D eigenvalue weighted by atomic mass is 10.2. The van der Waals surface area contributed by atoms with Crippen molar-refractivity contribution in [2.45, 2.75) is 13.0 Å². The van der Waals surface area contributed by atoms with E-state index in [4.69, 9.17) is 16.3 Å². The summed E-state index contributed by atoms with van der Waals surface area (Å²) in [5.74, 6) is -0.869. The lowest BCUT2D eigenvalue weighted by Crippen LogP contribution is -2.26. The van der Waals surface area contributed by atoms with Crippen LogP contribution in [0.15, 0.2) is 18.2 Å². The molecule has 5 nitrogen and oxygen atoms in total. The second kappa shape index (κ2) is 6.37. The van der Waals surface area contributed by atoms with E-state index in [9.17, 15) is 9.59 Å². The first-order valence-corrected chi connectivity index (χ1v) is 5.59. The van der Waals surface area contributed by atoms with Crippen molar-refractivity contribution in [3.63, 3.8) is 0 Å². The molecule has 6 heteroatoms. The van der Waals surface area contributed by atoms with E-state index in [1.165, 1.54) is 26.4 Å². The van der Waals surface area contributed by atoms with Crippen LogP contribution in [-0.4, -0.2) is 32.2 Å². The molecule has 0 aliphatic rings. The molecule has 0 saturated carbocycles. The van der Waals surface area contributed by atoms with Crippen molar-refractivity contribution in [3.8, 4) is 0 Å². The van der Waals surface area contributed by atoms with E-state index in [-0.39, 0.29) is 16.5 Å². The minimum absolute atomic E-state index is 0.196. The molecule has 0 fully saturated rings. The largest absolute Gasteiger partial charge is 0.465 e. The summed E-state index contributed by atoms with van der Waals surface area (Å²) >= 11 is 5.86. The Balaban J connectivity index is 2.92. The van der Waals surface area contributed by atoms with Gasteiger partial charge in [-0.25, -0.2) is 4.79 Å². The Kier molecular flexibility index (Phi) is 5.12. The fourth-order valence-electron chi connectivity index (χ4n) is 1.22. The van der Waals surface area contributed by atoms with Crippen molar-refractivity contribution in [1.29, 1.82) is 0 Å². The summed E-state index contributed by atoms with van der Waals surface area (Å²) < 4.78 is 9.46. The van der Waals surface area contributed by atoms with Crippen LogP contribution in [0, 0.1) is 0 Å². The zero-order valence-corrected chi connectivity index (χ0v) is 11.1. The van der Waals surface area contributed by atoms with Gasteiger partial charge in [-0.2, -0.15) is 0 Å². The summed E-state index contributed by atoms with van der Waals surface area (Å²) in [7, 11) is 2.70. The monoisotopic (exact) mass is 271 g/mol. The Labute approximate surface area is 110 Å². The second-order valence-corrected chi connectivity index (χ2v) is 3.96. The van der Waals surface area contributed by atoms with Crippen LogP contribution in [-0.2, 0) is 14.3 Å². The number of carbonyl (C=O) groups excluding carboxylic acids is 2. The summed E-state index contributed by atoms with van der Waals surface area (Å²) in [4.78, 5) is 23.0. The third-order valence-corrected chi connectivity index (χ3v) is 2.69. The molecule has 1 aromatic rings. The molecule has 0 aromatic heterocycles. The van der Waals surface area contributed by atoms with Gasteiger partial charge in [0.2, 0.25) is 0 Å². The predicted molar refractivity (Wildman–Crippen MR) is 67.9 cm³/mol. The highest BCUT2D eigenvalue weighted by Gasteiger charge is 2.15. The molecule has 0 heterocycles. The van der Waals surface area contributed by atoms with Crippen LogP contribution in [0.4, 0.5) is 5.69 Å². The van der Waals surface area contributed by atoms with Crippen LogP contribution >= 0.6 is 11.6 Å². The quantitative estimate of drug-likeness (QED) is 0.852. The van der Waals surface area contributed by atoms with Gasteiger partial charge in [0.1, 0.15) is 6.10 Å². The number of nitrogens with one attached hydrogen (secondary N) is 1. The Morgan fingerprint density at radius 3 is 2.56 bits per heavy atom. The minimum atomic E-state index is -0.581. The maximum Gasteiger partial charge on any atom is 0.339 e. The van der Waals surface area contributed by atoms with Gasteiger partial charge in [-0.1, -0.05) is 11.6 Å². The number of benzene rings is 1. The summed E-state index contributed by atoms with van der Waals surface area (Å²) in [5, 5.41) is 2.87. The first-order valence-electron chi connectivity index (χ1n) is 5.21. The fraction of sp³-hybridized carbons (Fsp3) is 0.333. The number of rotatable bonds is 4. The minimum Gasteiger partial charge on any atom is -0.465 e. The number of amides is 1. The Hall–Kier alpha value is -1.59. The van der Waals surface area contributed by atoms with Gasteiger partial charge in [-0.15, -0.1) is 0 Å². The number of hydrogen-bond donors (Lipinski definition) is 1. The summed E-state index contributed by atoms with van der Waals surface area (Å²) in [6, 6.07) is 4.56. The fourth-order valence-corrected chi connectivity index (χ4v) is 1.42. The summed E-state index contributed by atoms with van der Waals surface area (Å²) in [5.41, 5.74) is 0.649. The molecule has 0 radical (unpaired) electrons. The topological polar surface area (TPSA) is 64.6 Å². The third-order valence-electron chi connectivity index (χ3n) is 2.36. The van der Waals surface area contributed by atoms with Crippen molar-refractivity contribution in [3.05, 3.63) is 28.8 Å². The van der Waals surface area contributed by atoms with E-state index >= 15 is 0 Å². The molecule has 0 aliphatic carbocycles. The van der Waals surface area contributed by atoms with E-state index in [0.717, 1.165) is 0 Å². The van der Waals surface area contributed by atoms with Crippen LogP contribution in [0.25, 0.3) is 0 Å². The Morgan fingerprint density at radius 1 is 1.33 bits per heavy atom. The molecular weight excluding hydrogens is 258 g/mol. The second-order valence-electron chi connectivity index (χ2n) is 3.55. The van der Waals surface area contributed by atoms with Crippen molar-refractivity contribution in [2.24, 2.45) is 0 Å². The standard InChI is InChI=1S/C12H14ClNO4/c1-7(17-2)11(15)14-8-4-5-10(13)9(6-8)12(16)18-3/h4-7H,1-3H3,(H,14,15). The van der Waals surface area contributed by atoms with Crippen molar-refractivity contribution >= 4 is 29.2 Å². The van der Waals surface area contributed by atoms with E-state index in [1.807, 2.05) is 0 Å². The summed E-state index contributed by atoms with van der Waals surface area (Å²) in [6.45, 7) is 1.62. The molecule has 1 amide bonds. The molecule has 0 aliphatic heterocycles. The van der Waals surface area contributed by atoms with Crippen molar-refractivity contribution < 1.29 is 19.1 Å². The lowest BCUT2D eigenvalue weighted by molar-refractivity contribution is -0.124. The average Bonchev–Trinajstić information content (AvgIpc) is 2.38. The normalized spacial score (nSPS) is 11.8. The maximum absolute atomic E-state index is 11.6. The molecule has 98 valence electrons. The van der Waals surface area contributed by atoms with Crippen LogP contribution in [0.2, 0.25) is 5.02 Å². The maximum atomic E-state index is 11.6.